The minimum atomic E-state index is -5.06. The number of aromatic nitrogens is 1. The molecule has 1 aromatic carbocycles. The minimum Gasteiger partial charge on any atom is -0.478 e. The van der Waals surface area contributed by atoms with Crippen molar-refractivity contribution >= 4 is 32.8 Å². The lowest BCUT2D eigenvalue weighted by Gasteiger charge is -2.14. The third kappa shape index (κ3) is 2.87. The van der Waals surface area contributed by atoms with Crippen LogP contribution in [0.2, 0.25) is 0 Å². The van der Waals surface area contributed by atoms with Crippen LogP contribution in [0.1, 0.15) is 21.6 Å². The number of rotatable bonds is 1. The zero-order chi connectivity index (χ0) is 16.9. The Balaban J connectivity index is 2.89. The first-order chi connectivity index (χ1) is 9.93. The van der Waals surface area contributed by atoms with E-state index in [1.165, 1.54) is 0 Å². The molecule has 0 atom stereocenters. The molecule has 1 heterocycles. The number of pyridine rings is 1. The number of aromatic carboxylic acids is 1. The second kappa shape index (κ2) is 5.11. The van der Waals surface area contributed by atoms with E-state index in [0.29, 0.717) is 12.1 Å². The molecule has 0 spiro atoms. The first-order valence-electron chi connectivity index (χ1n) is 5.44. The molecule has 0 unspecified atom stereocenters. The van der Waals surface area contributed by atoms with Crippen molar-refractivity contribution in [2.45, 2.75) is 12.4 Å². The molecule has 0 aliphatic rings. The zero-order valence-corrected chi connectivity index (χ0v) is 11.8. The number of benzene rings is 1. The van der Waals surface area contributed by atoms with E-state index in [9.17, 15) is 31.1 Å². The van der Waals surface area contributed by atoms with Crippen LogP contribution in [-0.2, 0) is 12.4 Å². The number of fused-ring (bicyclic) bond motifs is 1. The van der Waals surface area contributed by atoms with Gasteiger partial charge in [-0.05, 0) is 34.1 Å². The summed E-state index contributed by atoms with van der Waals surface area (Å²) in [6.45, 7) is 0. The van der Waals surface area contributed by atoms with Crippen LogP contribution in [0.15, 0.2) is 22.7 Å². The highest BCUT2D eigenvalue weighted by Gasteiger charge is 2.40. The predicted octanol–water partition coefficient (Wildman–Crippen LogP) is 4.73. The van der Waals surface area contributed by atoms with Crippen LogP contribution >= 0.6 is 15.9 Å². The van der Waals surface area contributed by atoms with Crippen LogP contribution in [0, 0.1) is 0 Å². The smallest absolute Gasteiger partial charge is 0.434 e. The summed E-state index contributed by atoms with van der Waals surface area (Å²) in [5, 5.41) is 8.53. The first-order valence-corrected chi connectivity index (χ1v) is 6.23. The molecule has 0 bridgehead atoms. The Morgan fingerprint density at radius 2 is 1.68 bits per heavy atom. The van der Waals surface area contributed by atoms with Crippen molar-refractivity contribution in [3.8, 4) is 0 Å². The van der Waals surface area contributed by atoms with Gasteiger partial charge >= 0.3 is 18.3 Å². The van der Waals surface area contributed by atoms with Gasteiger partial charge in [0, 0.05) is 9.86 Å². The Bertz CT molecular complexity index is 769. The summed E-state index contributed by atoms with van der Waals surface area (Å²) in [6, 6.07) is 1.87. The molecule has 0 amide bonds. The predicted molar refractivity (Wildman–Crippen MR) is 66.4 cm³/mol. The fourth-order valence-electron chi connectivity index (χ4n) is 1.80. The summed E-state index contributed by atoms with van der Waals surface area (Å²) < 4.78 is 75.9. The standard InChI is InChI=1S/C12H4BrF6NO2/c13-8-5-3-4(11(14,15)16)1-2-6(5)20-9(12(17,18)19)7(8)10(21)22/h1-3H,(H,21,22). The van der Waals surface area contributed by atoms with Crippen molar-refractivity contribution in [3.63, 3.8) is 0 Å². The fraction of sp³-hybridized carbons (Fsp3) is 0.167. The largest absolute Gasteiger partial charge is 0.478 e. The van der Waals surface area contributed by atoms with Crippen molar-refractivity contribution in [1.29, 1.82) is 0 Å². The van der Waals surface area contributed by atoms with Gasteiger partial charge in [-0.1, -0.05) is 0 Å². The van der Waals surface area contributed by atoms with Crippen molar-refractivity contribution in [2.24, 2.45) is 0 Å². The minimum absolute atomic E-state index is 0.375. The summed E-state index contributed by atoms with van der Waals surface area (Å²) in [7, 11) is 0. The Kier molecular flexibility index (Phi) is 3.84. The summed E-state index contributed by atoms with van der Waals surface area (Å²) in [5.74, 6) is -1.95. The Morgan fingerprint density at radius 3 is 2.14 bits per heavy atom. The van der Waals surface area contributed by atoms with E-state index in [1.54, 1.807) is 0 Å². The third-order valence-corrected chi connectivity index (χ3v) is 3.55. The molecule has 0 saturated heterocycles. The molecule has 0 radical (unpaired) electrons. The van der Waals surface area contributed by atoms with E-state index in [-0.39, 0.29) is 5.39 Å². The van der Waals surface area contributed by atoms with Gasteiger partial charge in [0.15, 0.2) is 5.69 Å². The van der Waals surface area contributed by atoms with E-state index in [4.69, 9.17) is 5.11 Å². The lowest BCUT2D eigenvalue weighted by molar-refractivity contribution is -0.141. The molecule has 0 aliphatic carbocycles. The quantitative estimate of drug-likeness (QED) is 0.719. The molecule has 3 nitrogen and oxygen atoms in total. The first kappa shape index (κ1) is 16.5. The Morgan fingerprint density at radius 1 is 1.09 bits per heavy atom. The Labute approximate surface area is 126 Å². The molecule has 22 heavy (non-hydrogen) atoms. The van der Waals surface area contributed by atoms with Crippen molar-refractivity contribution in [2.75, 3.05) is 0 Å². The van der Waals surface area contributed by atoms with Crippen LogP contribution in [0.25, 0.3) is 10.9 Å². The highest BCUT2D eigenvalue weighted by atomic mass is 79.9. The highest BCUT2D eigenvalue weighted by Crippen LogP contribution is 2.39. The lowest BCUT2D eigenvalue weighted by Crippen LogP contribution is -2.16. The van der Waals surface area contributed by atoms with Gasteiger partial charge in [-0.3, -0.25) is 0 Å². The maximum Gasteiger partial charge on any atom is 0.434 e. The number of carbonyl (C=O) groups is 1. The second-order valence-corrected chi connectivity index (χ2v) is 4.97. The van der Waals surface area contributed by atoms with Gasteiger partial charge in [-0.2, -0.15) is 26.3 Å². The van der Waals surface area contributed by atoms with E-state index in [0.717, 1.165) is 6.07 Å². The van der Waals surface area contributed by atoms with Gasteiger partial charge < -0.3 is 5.11 Å². The fourth-order valence-corrected chi connectivity index (χ4v) is 2.48. The molecule has 2 aromatic rings. The monoisotopic (exact) mass is 387 g/mol. The zero-order valence-electron chi connectivity index (χ0n) is 10.2. The number of hydrogen-bond donors (Lipinski definition) is 1. The van der Waals surface area contributed by atoms with Gasteiger partial charge in [-0.15, -0.1) is 0 Å². The van der Waals surface area contributed by atoms with Gasteiger partial charge in [0.25, 0.3) is 0 Å². The molecule has 0 saturated carbocycles. The average Bonchev–Trinajstić information content (AvgIpc) is 2.35. The summed E-state index contributed by atoms with van der Waals surface area (Å²) in [5.41, 5.74) is -4.45. The number of carboxylic acids is 1. The molecule has 10 heteroatoms. The number of hydrogen-bond acceptors (Lipinski definition) is 2. The number of nitrogens with zero attached hydrogens (tertiary/aromatic N) is 1. The third-order valence-electron chi connectivity index (χ3n) is 2.73. The molecular formula is C12H4BrF6NO2. The maximum atomic E-state index is 12.9. The number of carboxylic acid groups (broad SMARTS) is 1. The van der Waals surface area contributed by atoms with Crippen molar-refractivity contribution in [3.05, 3.63) is 39.5 Å². The number of halogens is 7. The van der Waals surface area contributed by atoms with Gasteiger partial charge in [0.1, 0.15) is 5.56 Å². The van der Waals surface area contributed by atoms with Crippen LogP contribution < -0.4 is 0 Å². The molecule has 1 aromatic heterocycles. The summed E-state index contributed by atoms with van der Waals surface area (Å²) in [6.07, 6.45) is -9.78. The molecule has 0 fully saturated rings. The topological polar surface area (TPSA) is 50.2 Å². The molecule has 1 N–H and O–H groups in total. The van der Waals surface area contributed by atoms with Gasteiger partial charge in [-0.25, -0.2) is 9.78 Å². The van der Waals surface area contributed by atoms with Crippen LogP contribution in [0.3, 0.4) is 0 Å². The van der Waals surface area contributed by atoms with E-state index < -0.39 is 45.1 Å². The Hall–Kier alpha value is -1.84. The molecule has 2 rings (SSSR count). The maximum absolute atomic E-state index is 12.9. The molecular weight excluding hydrogens is 384 g/mol. The van der Waals surface area contributed by atoms with Gasteiger partial charge in [0.2, 0.25) is 0 Å². The number of alkyl halides is 6. The SMILES string of the molecule is O=C(O)c1c(C(F)(F)F)nc2ccc(C(F)(F)F)cc2c1Br. The van der Waals surface area contributed by atoms with Gasteiger partial charge in [0.05, 0.1) is 11.1 Å². The van der Waals surface area contributed by atoms with E-state index in [1.807, 2.05) is 0 Å². The highest BCUT2D eigenvalue weighted by molar-refractivity contribution is 9.10. The summed E-state index contributed by atoms with van der Waals surface area (Å²) in [4.78, 5) is 14.2. The van der Waals surface area contributed by atoms with Crippen molar-refractivity contribution < 1.29 is 36.2 Å². The second-order valence-electron chi connectivity index (χ2n) is 4.18. The van der Waals surface area contributed by atoms with E-state index >= 15 is 0 Å². The van der Waals surface area contributed by atoms with Crippen LogP contribution in [-0.4, -0.2) is 16.1 Å². The molecule has 118 valence electrons. The van der Waals surface area contributed by atoms with Crippen molar-refractivity contribution in [1.82, 2.24) is 4.98 Å². The normalized spacial score (nSPS) is 12.7. The molecule has 0 aliphatic heterocycles. The lowest BCUT2D eigenvalue weighted by atomic mass is 10.1. The van der Waals surface area contributed by atoms with Crippen LogP contribution in [0.4, 0.5) is 26.3 Å². The van der Waals surface area contributed by atoms with Crippen LogP contribution in [0.5, 0.6) is 0 Å². The van der Waals surface area contributed by atoms with E-state index in [2.05, 4.69) is 20.9 Å². The average molecular weight is 388 g/mol. The summed E-state index contributed by atoms with van der Waals surface area (Å²) >= 11 is 2.64.